The highest BCUT2D eigenvalue weighted by atomic mass is 16.6. The van der Waals surface area contributed by atoms with Gasteiger partial charge in [0, 0.05) is 6.42 Å². The van der Waals surface area contributed by atoms with Crippen LogP contribution in [0.5, 0.6) is 0 Å². The van der Waals surface area contributed by atoms with Gasteiger partial charge in [0.2, 0.25) is 0 Å². The Kier molecular flexibility index (Phi) is 7.68. The average Bonchev–Trinajstić information content (AvgIpc) is 2.20. The number of hydrogen-bond acceptors (Lipinski definition) is 3. The highest BCUT2D eigenvalue weighted by Gasteiger charge is 2.20. The van der Waals surface area contributed by atoms with Crippen LogP contribution in [-0.2, 0) is 9.53 Å². The van der Waals surface area contributed by atoms with Crippen LogP contribution in [0.15, 0.2) is 0 Å². The first-order valence-electron chi connectivity index (χ1n) is 5.60. The first-order chi connectivity index (χ1) is 7.11. The van der Waals surface area contributed by atoms with Gasteiger partial charge >= 0.3 is 6.09 Å². The molecule has 0 fully saturated rings. The predicted octanol–water partition coefficient (Wildman–Crippen LogP) is 2.40. The molecule has 0 aliphatic rings. The number of unbranched alkanes of at least 4 members (excludes halogenated alkanes) is 2. The van der Waals surface area contributed by atoms with E-state index in [0.717, 1.165) is 25.7 Å². The molecule has 1 unspecified atom stereocenters. The highest BCUT2D eigenvalue weighted by molar-refractivity contribution is 5.85. The second-order valence-corrected chi connectivity index (χ2v) is 3.64. The summed E-state index contributed by atoms with van der Waals surface area (Å²) in [7, 11) is 0. The van der Waals surface area contributed by atoms with Gasteiger partial charge in [0.05, 0.1) is 0 Å². The molecule has 0 radical (unpaired) electrons. The smallest absolute Gasteiger partial charge is 0.405 e. The Labute approximate surface area is 91.2 Å². The van der Waals surface area contributed by atoms with Crippen molar-refractivity contribution in [2.24, 2.45) is 5.73 Å². The number of amides is 1. The molecule has 2 N–H and O–H groups in total. The van der Waals surface area contributed by atoms with E-state index in [1.165, 1.54) is 0 Å². The molecule has 0 aliphatic heterocycles. The Bertz CT molecular complexity index is 204. The molecule has 0 saturated heterocycles. The summed E-state index contributed by atoms with van der Waals surface area (Å²) in [5.74, 6) is -0.0101. The van der Waals surface area contributed by atoms with E-state index in [2.05, 4.69) is 0 Å². The third-order valence-electron chi connectivity index (χ3n) is 2.21. The van der Waals surface area contributed by atoms with Gasteiger partial charge in [0.15, 0.2) is 11.9 Å². The van der Waals surface area contributed by atoms with Gasteiger partial charge in [-0.1, -0.05) is 26.7 Å². The zero-order valence-electron chi connectivity index (χ0n) is 9.62. The van der Waals surface area contributed by atoms with Gasteiger partial charge in [-0.15, -0.1) is 0 Å². The number of carbonyl (C=O) groups excluding carboxylic acids is 2. The van der Waals surface area contributed by atoms with Crippen molar-refractivity contribution in [3.05, 3.63) is 0 Å². The highest BCUT2D eigenvalue weighted by Crippen LogP contribution is 2.10. The summed E-state index contributed by atoms with van der Waals surface area (Å²) in [6.45, 7) is 4.04. The molecule has 88 valence electrons. The van der Waals surface area contributed by atoms with Crippen molar-refractivity contribution in [3.63, 3.8) is 0 Å². The van der Waals surface area contributed by atoms with Crippen LogP contribution in [0.25, 0.3) is 0 Å². The number of rotatable bonds is 8. The summed E-state index contributed by atoms with van der Waals surface area (Å²) in [5, 5.41) is 0. The maximum absolute atomic E-state index is 11.6. The van der Waals surface area contributed by atoms with E-state index in [-0.39, 0.29) is 5.78 Å². The van der Waals surface area contributed by atoms with E-state index in [1.807, 2.05) is 13.8 Å². The Morgan fingerprint density at radius 2 is 1.80 bits per heavy atom. The first-order valence-corrected chi connectivity index (χ1v) is 5.60. The second-order valence-electron chi connectivity index (χ2n) is 3.64. The summed E-state index contributed by atoms with van der Waals surface area (Å²) in [4.78, 5) is 22.2. The molecule has 1 atom stereocenters. The zero-order chi connectivity index (χ0) is 11.7. The molecule has 0 saturated carbocycles. The van der Waals surface area contributed by atoms with Crippen LogP contribution in [0.3, 0.4) is 0 Å². The number of carbonyl (C=O) groups is 2. The molecular formula is C11H21NO3. The number of ketones is 1. The third-order valence-corrected chi connectivity index (χ3v) is 2.21. The van der Waals surface area contributed by atoms with E-state index < -0.39 is 12.2 Å². The molecule has 0 aromatic heterocycles. The molecule has 1 amide bonds. The Morgan fingerprint density at radius 3 is 2.27 bits per heavy atom. The van der Waals surface area contributed by atoms with Crippen molar-refractivity contribution in [1.29, 1.82) is 0 Å². The van der Waals surface area contributed by atoms with E-state index in [9.17, 15) is 9.59 Å². The van der Waals surface area contributed by atoms with Crippen LogP contribution in [0.2, 0.25) is 0 Å². The molecule has 0 aromatic carbocycles. The largest absolute Gasteiger partial charge is 0.438 e. The van der Waals surface area contributed by atoms with Gasteiger partial charge < -0.3 is 10.5 Å². The summed E-state index contributed by atoms with van der Waals surface area (Å²) in [6.07, 6.45) is 3.21. The summed E-state index contributed by atoms with van der Waals surface area (Å²) < 4.78 is 4.80. The second kappa shape index (κ2) is 8.26. The van der Waals surface area contributed by atoms with Gasteiger partial charge in [-0.3, -0.25) is 4.79 Å². The maximum atomic E-state index is 11.6. The monoisotopic (exact) mass is 215 g/mol. The van der Waals surface area contributed by atoms with Gasteiger partial charge in [0.1, 0.15) is 0 Å². The van der Waals surface area contributed by atoms with E-state index >= 15 is 0 Å². The summed E-state index contributed by atoms with van der Waals surface area (Å²) in [6, 6.07) is 0. The van der Waals surface area contributed by atoms with Crippen molar-refractivity contribution in [2.45, 2.75) is 58.5 Å². The molecule has 4 nitrogen and oxygen atoms in total. The Morgan fingerprint density at radius 1 is 1.20 bits per heavy atom. The molecule has 0 aliphatic carbocycles. The fraction of sp³-hybridized carbons (Fsp3) is 0.818. The predicted molar refractivity (Wildman–Crippen MR) is 58.5 cm³/mol. The zero-order valence-corrected chi connectivity index (χ0v) is 9.62. The minimum absolute atomic E-state index is 0.0101. The van der Waals surface area contributed by atoms with Gasteiger partial charge in [-0.2, -0.15) is 0 Å². The number of ether oxygens (including phenoxy) is 1. The van der Waals surface area contributed by atoms with Crippen molar-refractivity contribution in [1.82, 2.24) is 0 Å². The van der Waals surface area contributed by atoms with Crippen LogP contribution in [-0.4, -0.2) is 18.0 Å². The number of Topliss-reactive ketones (excluding diaryl/α,β-unsaturated/α-hetero) is 1. The third kappa shape index (κ3) is 6.94. The number of primary amides is 1. The van der Waals surface area contributed by atoms with E-state index in [0.29, 0.717) is 12.8 Å². The maximum Gasteiger partial charge on any atom is 0.405 e. The summed E-state index contributed by atoms with van der Waals surface area (Å²) in [5.41, 5.74) is 4.92. The molecule has 0 heterocycles. The van der Waals surface area contributed by atoms with Crippen LogP contribution in [0.4, 0.5) is 4.79 Å². The topological polar surface area (TPSA) is 69.4 Å². The molecular weight excluding hydrogens is 194 g/mol. The van der Waals surface area contributed by atoms with Crippen LogP contribution < -0.4 is 5.73 Å². The van der Waals surface area contributed by atoms with E-state index in [4.69, 9.17) is 10.5 Å². The minimum Gasteiger partial charge on any atom is -0.438 e. The lowest BCUT2D eigenvalue weighted by Crippen LogP contribution is -2.29. The van der Waals surface area contributed by atoms with Crippen LogP contribution >= 0.6 is 0 Å². The van der Waals surface area contributed by atoms with Crippen LogP contribution in [0, 0.1) is 0 Å². The molecule has 0 bridgehead atoms. The standard InChI is InChI=1S/C11H21NO3/c1-3-5-7-9(13)10(8-6-4-2)15-11(12)14/h10H,3-8H2,1-2H3,(H2,12,14). The van der Waals surface area contributed by atoms with Gasteiger partial charge in [0.25, 0.3) is 0 Å². The fourth-order valence-electron chi connectivity index (χ4n) is 1.33. The lowest BCUT2D eigenvalue weighted by Gasteiger charge is -2.14. The van der Waals surface area contributed by atoms with Crippen molar-refractivity contribution in [3.8, 4) is 0 Å². The van der Waals surface area contributed by atoms with Crippen molar-refractivity contribution < 1.29 is 14.3 Å². The van der Waals surface area contributed by atoms with Crippen molar-refractivity contribution >= 4 is 11.9 Å². The summed E-state index contributed by atoms with van der Waals surface area (Å²) >= 11 is 0. The molecule has 4 heteroatoms. The normalized spacial score (nSPS) is 12.1. The lowest BCUT2D eigenvalue weighted by atomic mass is 10.0. The fourth-order valence-corrected chi connectivity index (χ4v) is 1.33. The number of hydrogen-bond donors (Lipinski definition) is 1. The first kappa shape index (κ1) is 13.9. The molecule has 0 spiro atoms. The minimum atomic E-state index is -0.860. The van der Waals surface area contributed by atoms with Crippen LogP contribution in [0.1, 0.15) is 52.4 Å². The van der Waals surface area contributed by atoms with Gasteiger partial charge in [-0.25, -0.2) is 4.79 Å². The van der Waals surface area contributed by atoms with Gasteiger partial charge in [-0.05, 0) is 19.3 Å². The van der Waals surface area contributed by atoms with Crippen molar-refractivity contribution in [2.75, 3.05) is 0 Å². The van der Waals surface area contributed by atoms with E-state index in [1.54, 1.807) is 0 Å². The molecule has 0 aromatic rings. The SMILES string of the molecule is CCCCC(=O)C(CCCC)OC(N)=O. The average molecular weight is 215 g/mol. The molecule has 0 rings (SSSR count). The number of nitrogens with two attached hydrogens (primary N) is 1. The Hall–Kier alpha value is -1.06. The lowest BCUT2D eigenvalue weighted by molar-refractivity contribution is -0.127. The molecule has 15 heavy (non-hydrogen) atoms. The Balaban J connectivity index is 4.07. The quantitative estimate of drug-likeness (QED) is 0.676.